The van der Waals surface area contributed by atoms with Crippen molar-refractivity contribution >= 4 is 5.91 Å². The Morgan fingerprint density at radius 2 is 0.707 bits per heavy atom. The summed E-state index contributed by atoms with van der Waals surface area (Å²) in [6.07, 6.45) is 61.4. The number of nitrogens with one attached hydrogen (secondary N) is 1. The van der Waals surface area contributed by atoms with Gasteiger partial charge in [0.05, 0.1) is 18.8 Å². The van der Waals surface area contributed by atoms with Gasteiger partial charge in [-0.05, 0) is 77.0 Å². The first-order valence-electron chi connectivity index (χ1n) is 25.8. The lowest BCUT2D eigenvalue weighted by molar-refractivity contribution is -0.124. The van der Waals surface area contributed by atoms with Gasteiger partial charge in [-0.3, -0.25) is 4.79 Å². The zero-order valence-corrected chi connectivity index (χ0v) is 38.9. The minimum atomic E-state index is -1.17. The molecule has 4 N–H and O–H groups in total. The average Bonchev–Trinajstić information content (AvgIpc) is 3.23. The predicted octanol–water partition coefficient (Wildman–Crippen LogP) is 15.5. The lowest BCUT2D eigenvalue weighted by Gasteiger charge is -2.26. The lowest BCUT2D eigenvalue weighted by Crippen LogP contribution is -2.50. The Morgan fingerprint density at radius 3 is 1.05 bits per heavy atom. The van der Waals surface area contributed by atoms with E-state index in [1.54, 1.807) is 0 Å². The van der Waals surface area contributed by atoms with E-state index in [9.17, 15) is 20.1 Å². The van der Waals surface area contributed by atoms with E-state index >= 15 is 0 Å². The quantitative estimate of drug-likeness (QED) is 0.0364. The maximum Gasteiger partial charge on any atom is 0.220 e. The monoisotopic (exact) mass is 816 g/mol. The Morgan fingerprint density at radius 1 is 0.414 bits per heavy atom. The molecule has 5 heteroatoms. The number of carbonyl (C=O) groups excluding carboxylic acids is 1. The van der Waals surface area contributed by atoms with Crippen LogP contribution in [0.15, 0.2) is 36.5 Å². The molecule has 0 radical (unpaired) electrons. The number of aliphatic hydroxyl groups excluding tert-OH is 3. The fraction of sp³-hybridized carbons (Fsp3) is 0.868. The van der Waals surface area contributed by atoms with Crippen molar-refractivity contribution in [2.45, 2.75) is 289 Å². The van der Waals surface area contributed by atoms with E-state index in [2.05, 4.69) is 55.6 Å². The topological polar surface area (TPSA) is 89.8 Å². The Bertz CT molecular complexity index is 901. The van der Waals surface area contributed by atoms with Crippen LogP contribution in [0.1, 0.15) is 271 Å². The first-order valence-corrected chi connectivity index (χ1v) is 25.8. The van der Waals surface area contributed by atoms with Crippen LogP contribution in [0.2, 0.25) is 0 Å². The van der Waals surface area contributed by atoms with Crippen LogP contribution in [-0.4, -0.2) is 46.1 Å². The molecule has 0 saturated heterocycles. The molecule has 0 aromatic rings. The van der Waals surface area contributed by atoms with Crippen molar-refractivity contribution in [1.82, 2.24) is 5.32 Å². The summed E-state index contributed by atoms with van der Waals surface area (Å²) >= 11 is 0. The molecule has 0 aromatic heterocycles. The van der Waals surface area contributed by atoms with Crippen LogP contribution in [0.4, 0.5) is 0 Å². The van der Waals surface area contributed by atoms with Gasteiger partial charge >= 0.3 is 0 Å². The first-order chi connectivity index (χ1) is 28.6. The Labute approximate surface area is 362 Å². The molecule has 0 fully saturated rings. The smallest absolute Gasteiger partial charge is 0.220 e. The van der Waals surface area contributed by atoms with Crippen LogP contribution >= 0.6 is 0 Å². The zero-order chi connectivity index (χ0) is 42.3. The third-order valence-corrected chi connectivity index (χ3v) is 11.9. The van der Waals surface area contributed by atoms with Gasteiger partial charge in [-0.1, -0.05) is 224 Å². The molecule has 0 spiro atoms. The largest absolute Gasteiger partial charge is 0.394 e. The third-order valence-electron chi connectivity index (χ3n) is 11.9. The van der Waals surface area contributed by atoms with E-state index in [0.29, 0.717) is 12.8 Å². The number of rotatable bonds is 47. The fourth-order valence-corrected chi connectivity index (χ4v) is 7.94. The molecule has 342 valence electrons. The van der Waals surface area contributed by atoms with Gasteiger partial charge in [0.1, 0.15) is 6.10 Å². The molecule has 0 aliphatic carbocycles. The summed E-state index contributed by atoms with van der Waals surface area (Å²) < 4.78 is 0. The minimum Gasteiger partial charge on any atom is -0.394 e. The SMILES string of the molecule is CCCCCCCCCCCCC/C=C\CCCCCCCCCC(=O)NC(CO)C(O)C(O)CCC/C=C/CC/C=C/CCCCCCCCCCCCCCC. The van der Waals surface area contributed by atoms with E-state index in [4.69, 9.17) is 0 Å². The Hall–Kier alpha value is -1.43. The first kappa shape index (κ1) is 56.6. The molecule has 0 aliphatic heterocycles. The van der Waals surface area contributed by atoms with Crippen molar-refractivity contribution in [1.29, 1.82) is 0 Å². The van der Waals surface area contributed by atoms with E-state index in [-0.39, 0.29) is 12.5 Å². The molecule has 0 heterocycles. The summed E-state index contributed by atoms with van der Waals surface area (Å²) in [6.45, 7) is 4.19. The van der Waals surface area contributed by atoms with Crippen molar-refractivity contribution < 1.29 is 20.1 Å². The van der Waals surface area contributed by atoms with Gasteiger partial charge in [-0.15, -0.1) is 0 Å². The second-order valence-corrected chi connectivity index (χ2v) is 17.7. The van der Waals surface area contributed by atoms with Crippen LogP contribution < -0.4 is 5.32 Å². The molecule has 1 amide bonds. The van der Waals surface area contributed by atoms with Crippen molar-refractivity contribution in [3.05, 3.63) is 36.5 Å². The van der Waals surface area contributed by atoms with Crippen LogP contribution in [0.3, 0.4) is 0 Å². The summed E-state index contributed by atoms with van der Waals surface area (Å²) in [4.78, 5) is 12.5. The molecule has 0 rings (SSSR count). The molecular weight excluding hydrogens is 715 g/mol. The highest BCUT2D eigenvalue weighted by Crippen LogP contribution is 2.16. The second kappa shape index (κ2) is 48.2. The van der Waals surface area contributed by atoms with Crippen molar-refractivity contribution in [2.75, 3.05) is 6.61 Å². The van der Waals surface area contributed by atoms with Gasteiger partial charge in [-0.25, -0.2) is 0 Å². The van der Waals surface area contributed by atoms with E-state index in [1.807, 2.05) is 0 Å². The maximum atomic E-state index is 12.5. The predicted molar refractivity (Wildman–Crippen MR) is 254 cm³/mol. The van der Waals surface area contributed by atoms with E-state index in [0.717, 1.165) is 44.9 Å². The molecule has 58 heavy (non-hydrogen) atoms. The average molecular weight is 816 g/mol. The molecule has 0 saturated carbocycles. The van der Waals surface area contributed by atoms with Crippen LogP contribution in [-0.2, 0) is 4.79 Å². The highest BCUT2D eigenvalue weighted by molar-refractivity contribution is 5.76. The van der Waals surface area contributed by atoms with E-state index < -0.39 is 18.2 Å². The Balaban J connectivity index is 3.64. The molecular formula is C53H101NO4. The molecule has 5 nitrogen and oxygen atoms in total. The number of aliphatic hydroxyl groups is 3. The van der Waals surface area contributed by atoms with Gasteiger partial charge in [0, 0.05) is 6.42 Å². The summed E-state index contributed by atoms with van der Waals surface area (Å²) in [6, 6.07) is -0.835. The number of unbranched alkanes of at least 4 members (excludes halogenated alkanes) is 33. The van der Waals surface area contributed by atoms with Crippen molar-refractivity contribution in [2.24, 2.45) is 0 Å². The number of allylic oxidation sites excluding steroid dienone is 6. The van der Waals surface area contributed by atoms with Crippen molar-refractivity contribution in [3.63, 3.8) is 0 Å². The number of amides is 1. The number of hydrogen-bond acceptors (Lipinski definition) is 4. The Kier molecular flexibility index (Phi) is 47.0. The van der Waals surface area contributed by atoms with Crippen molar-refractivity contribution in [3.8, 4) is 0 Å². The molecule has 0 aliphatic rings. The van der Waals surface area contributed by atoms with Crippen LogP contribution in [0.5, 0.6) is 0 Å². The summed E-state index contributed by atoms with van der Waals surface area (Å²) in [5, 5.41) is 33.6. The fourth-order valence-electron chi connectivity index (χ4n) is 7.94. The molecule has 3 atom stereocenters. The number of carbonyl (C=O) groups is 1. The third kappa shape index (κ3) is 42.7. The van der Waals surface area contributed by atoms with Crippen LogP contribution in [0.25, 0.3) is 0 Å². The summed E-state index contributed by atoms with van der Waals surface area (Å²) in [7, 11) is 0. The van der Waals surface area contributed by atoms with Gasteiger partial charge in [-0.2, -0.15) is 0 Å². The standard InChI is InChI=1S/C53H101NO4/c1-3-5-7-9-11-13-15-17-19-21-23-25-27-29-31-33-35-37-39-41-43-45-47-51(56)53(58)50(49-55)54-52(57)48-46-44-42-40-38-36-34-32-30-28-26-24-22-20-18-16-14-12-10-8-6-4-2/h28,30-31,33,39,41,50-51,53,55-56,58H,3-27,29,32,34-38,40,42-49H2,1-2H3,(H,54,57)/b30-28-,33-31+,41-39+. The highest BCUT2D eigenvalue weighted by Gasteiger charge is 2.26. The van der Waals surface area contributed by atoms with E-state index in [1.165, 1.54) is 199 Å². The van der Waals surface area contributed by atoms with Crippen LogP contribution in [0, 0.1) is 0 Å². The van der Waals surface area contributed by atoms with Gasteiger partial charge in [0.2, 0.25) is 5.91 Å². The maximum absolute atomic E-state index is 12.5. The van der Waals surface area contributed by atoms with Gasteiger partial charge < -0.3 is 20.6 Å². The number of hydrogen-bond donors (Lipinski definition) is 4. The summed E-state index contributed by atoms with van der Waals surface area (Å²) in [5.41, 5.74) is 0. The summed E-state index contributed by atoms with van der Waals surface area (Å²) in [5.74, 6) is -0.161. The molecule has 0 bridgehead atoms. The van der Waals surface area contributed by atoms with Gasteiger partial charge in [0.15, 0.2) is 0 Å². The highest BCUT2D eigenvalue weighted by atomic mass is 16.3. The lowest BCUT2D eigenvalue weighted by atomic mass is 10.0. The molecule has 3 unspecified atom stereocenters. The second-order valence-electron chi connectivity index (χ2n) is 17.7. The normalized spacial score (nSPS) is 13.7. The minimum absolute atomic E-state index is 0.161. The van der Waals surface area contributed by atoms with Gasteiger partial charge in [0.25, 0.3) is 0 Å². The zero-order valence-electron chi connectivity index (χ0n) is 38.9. The molecule has 0 aromatic carbocycles.